The minimum Gasteiger partial charge on any atom is -0.372 e. The summed E-state index contributed by atoms with van der Waals surface area (Å²) in [7, 11) is -4.36. The van der Waals surface area contributed by atoms with Gasteiger partial charge in [-0.15, -0.1) is 0 Å². The van der Waals surface area contributed by atoms with Crippen LogP contribution in [0.5, 0.6) is 0 Å². The number of aromatic amines is 1. The van der Waals surface area contributed by atoms with Gasteiger partial charge in [-0.05, 0) is 91.3 Å². The second-order valence-corrected chi connectivity index (χ2v) is 19.5. The van der Waals surface area contributed by atoms with Crippen molar-refractivity contribution in [3.8, 4) is 11.1 Å². The molecule has 0 spiro atoms. The van der Waals surface area contributed by atoms with E-state index in [1.807, 2.05) is 41.1 Å². The minimum atomic E-state index is -4.36. The molecule has 344 valence electrons. The maximum Gasteiger partial charge on any atom is 0.301 e. The monoisotopic (exact) mass is 923 g/mol. The first kappa shape index (κ1) is 43.6. The summed E-state index contributed by atoms with van der Waals surface area (Å²) >= 11 is 0. The number of H-pyrrole nitrogens is 1. The molecule has 3 N–H and O–H groups in total. The summed E-state index contributed by atoms with van der Waals surface area (Å²) in [5, 5.41) is 2.70. The normalized spacial score (nSPS) is 21.2. The number of anilines is 3. The molecule has 0 aliphatic carbocycles. The molecular weight excluding hydrogens is 876 g/mol. The Labute approximate surface area is 379 Å². The number of piperazine rings is 1. The van der Waals surface area contributed by atoms with Crippen LogP contribution >= 0.6 is 0 Å². The lowest BCUT2D eigenvalue weighted by atomic mass is 9.95. The van der Waals surface area contributed by atoms with Crippen LogP contribution in [0.2, 0.25) is 0 Å². The van der Waals surface area contributed by atoms with E-state index in [0.717, 1.165) is 97.6 Å². The Morgan fingerprint density at radius 2 is 1.58 bits per heavy atom. The number of amides is 3. The van der Waals surface area contributed by atoms with Gasteiger partial charge in [-0.2, -0.15) is 12.7 Å². The number of pyridine rings is 1. The van der Waals surface area contributed by atoms with Gasteiger partial charge in [-0.25, -0.2) is 18.2 Å². The lowest BCUT2D eigenvalue weighted by molar-refractivity contribution is -0.136. The molecule has 3 amide bonds. The molecule has 0 bridgehead atoms. The number of halogens is 3. The number of carbonyl (C=O) groups is 4. The highest BCUT2D eigenvalue weighted by molar-refractivity contribution is 7.90. The number of alkyl halides is 1. The second kappa shape index (κ2) is 17.5. The molecule has 4 fully saturated rings. The van der Waals surface area contributed by atoms with Crippen molar-refractivity contribution in [2.24, 2.45) is 5.92 Å². The Balaban J connectivity index is 0.730. The summed E-state index contributed by atoms with van der Waals surface area (Å²) < 4.78 is 73.1. The molecule has 15 nitrogen and oxygen atoms in total. The largest absolute Gasteiger partial charge is 0.372 e. The van der Waals surface area contributed by atoms with Crippen LogP contribution < -0.4 is 19.8 Å². The summed E-state index contributed by atoms with van der Waals surface area (Å²) in [4.78, 5) is 67.2. The predicted molar refractivity (Wildman–Crippen MR) is 241 cm³/mol. The molecule has 19 heteroatoms. The zero-order valence-corrected chi connectivity index (χ0v) is 36.8. The fourth-order valence-electron chi connectivity index (χ4n) is 9.98. The van der Waals surface area contributed by atoms with Crippen molar-refractivity contribution in [3.63, 3.8) is 0 Å². The van der Waals surface area contributed by atoms with Gasteiger partial charge in [0.25, 0.3) is 5.91 Å². The fourth-order valence-corrected chi connectivity index (χ4v) is 11.3. The number of hydrogen-bond acceptors (Lipinski definition) is 10. The standard InChI is InChI=1S/C47H48F3N9O6S/c48-32-13-16-58(27-32)66(64,65)54-39-8-7-38(49)42(43(39)50)44(61)37-24-52-45-36(37)22-30(23-51-45)29-1-3-33(4-2-29)57-19-17-55(18-20-57)25-28-11-14-56(15-12-28)34-5-6-35-31(21-34)26-59(47(35)63)40-9-10-41(60)53-46(40)62/h1-8,21-24,28,32,40,54H,9-20,25-27H2,(H,51,52)(H,53,60,62)/t32-,40-/m1/s1. The van der Waals surface area contributed by atoms with E-state index in [4.69, 9.17) is 0 Å². The zero-order chi connectivity index (χ0) is 45.9. The summed E-state index contributed by atoms with van der Waals surface area (Å²) in [5.74, 6) is -3.85. The number of piperidine rings is 2. The lowest BCUT2D eigenvalue weighted by Crippen LogP contribution is -2.52. The number of nitrogens with one attached hydrogen (secondary N) is 3. The van der Waals surface area contributed by atoms with Gasteiger partial charge >= 0.3 is 10.2 Å². The number of hydrogen-bond donors (Lipinski definition) is 3. The number of nitrogens with zero attached hydrogens (tertiary/aromatic N) is 6. The number of imide groups is 1. The topological polar surface area (TPSA) is 171 Å². The molecule has 66 heavy (non-hydrogen) atoms. The molecule has 2 aromatic heterocycles. The van der Waals surface area contributed by atoms with E-state index in [9.17, 15) is 32.0 Å². The van der Waals surface area contributed by atoms with Crippen LogP contribution in [0.4, 0.5) is 30.2 Å². The van der Waals surface area contributed by atoms with E-state index < -0.39 is 57.0 Å². The van der Waals surface area contributed by atoms with E-state index in [2.05, 4.69) is 36.1 Å². The van der Waals surface area contributed by atoms with Crippen LogP contribution in [0.1, 0.15) is 63.9 Å². The Kier molecular flexibility index (Phi) is 11.5. The third-order valence-corrected chi connectivity index (χ3v) is 15.2. The van der Waals surface area contributed by atoms with Crippen molar-refractivity contribution in [2.45, 2.75) is 50.9 Å². The first-order valence-electron chi connectivity index (χ1n) is 22.3. The van der Waals surface area contributed by atoms with E-state index in [1.165, 1.54) is 6.20 Å². The molecule has 7 heterocycles. The van der Waals surface area contributed by atoms with Gasteiger partial charge in [0.05, 0.1) is 11.3 Å². The maximum absolute atomic E-state index is 15.8. The van der Waals surface area contributed by atoms with E-state index in [1.54, 1.807) is 17.2 Å². The third-order valence-electron chi connectivity index (χ3n) is 13.7. The minimum absolute atomic E-state index is 0.00344. The van der Waals surface area contributed by atoms with Crippen LogP contribution in [-0.2, 0) is 26.3 Å². The lowest BCUT2D eigenvalue weighted by Gasteiger charge is -2.40. The average molecular weight is 924 g/mol. The van der Waals surface area contributed by atoms with Gasteiger partial charge in [0.15, 0.2) is 5.82 Å². The molecule has 5 aliphatic heterocycles. The van der Waals surface area contributed by atoms with E-state index >= 15 is 8.78 Å². The molecule has 4 saturated heterocycles. The van der Waals surface area contributed by atoms with Gasteiger partial charge in [0.1, 0.15) is 23.7 Å². The molecule has 0 radical (unpaired) electrons. The molecule has 5 aliphatic rings. The van der Waals surface area contributed by atoms with Gasteiger partial charge in [-0.3, -0.25) is 34.1 Å². The smallest absolute Gasteiger partial charge is 0.301 e. The number of rotatable bonds is 11. The molecular formula is C47H48F3N9O6S. The van der Waals surface area contributed by atoms with Gasteiger partial charge in [0, 0.05) is 118 Å². The Morgan fingerprint density at radius 1 is 0.833 bits per heavy atom. The van der Waals surface area contributed by atoms with Crippen molar-refractivity contribution < 1.29 is 40.8 Å². The van der Waals surface area contributed by atoms with Crippen LogP contribution in [-0.4, -0.2) is 127 Å². The van der Waals surface area contributed by atoms with Crippen LogP contribution in [0.15, 0.2) is 73.1 Å². The molecule has 10 rings (SSSR count). The molecule has 2 atom stereocenters. The molecule has 0 saturated carbocycles. The Morgan fingerprint density at radius 3 is 2.30 bits per heavy atom. The van der Waals surface area contributed by atoms with Crippen LogP contribution in [0.25, 0.3) is 22.2 Å². The number of ketones is 1. The van der Waals surface area contributed by atoms with Gasteiger partial charge in [-0.1, -0.05) is 12.1 Å². The molecule has 0 unspecified atom stereocenters. The summed E-state index contributed by atoms with van der Waals surface area (Å²) in [6, 6.07) is 16.8. The first-order valence-corrected chi connectivity index (χ1v) is 23.8. The highest BCUT2D eigenvalue weighted by Crippen LogP contribution is 2.34. The highest BCUT2D eigenvalue weighted by Gasteiger charge is 2.40. The van der Waals surface area contributed by atoms with Crippen molar-refractivity contribution >= 4 is 61.8 Å². The predicted octanol–water partition coefficient (Wildman–Crippen LogP) is 5.24. The zero-order valence-electron chi connectivity index (χ0n) is 35.9. The number of fused-ring (bicyclic) bond motifs is 2. The van der Waals surface area contributed by atoms with Crippen molar-refractivity contribution in [1.29, 1.82) is 0 Å². The summed E-state index contributed by atoms with van der Waals surface area (Å²) in [6.07, 6.45) is 4.31. The Bertz CT molecular complexity index is 2860. The third kappa shape index (κ3) is 8.39. The SMILES string of the molecule is O=C1CC[C@@H](N2Cc3cc(N4CCC(CN5CCN(c6ccc(-c7cnc8[nH]cc(C(=O)c9c(F)ccc(NS(=O)(=O)N%10CC[C@@H](F)C%10)c9F)c8c7)cc6)CC5)CC4)ccc3C2=O)C(=O)N1. The Hall–Kier alpha value is -6.31. The second-order valence-electron chi connectivity index (χ2n) is 17.8. The van der Waals surface area contributed by atoms with Crippen LogP contribution in [0.3, 0.4) is 0 Å². The van der Waals surface area contributed by atoms with Crippen molar-refractivity contribution in [2.75, 3.05) is 73.4 Å². The fraction of sp³-hybridized carbons (Fsp3) is 0.383. The molecule has 5 aromatic rings. The number of benzene rings is 3. The van der Waals surface area contributed by atoms with E-state index in [0.29, 0.717) is 41.0 Å². The van der Waals surface area contributed by atoms with Gasteiger partial charge < -0.3 is 19.7 Å². The average Bonchev–Trinajstić information content (AvgIpc) is 4.04. The maximum atomic E-state index is 15.8. The molecule has 3 aromatic carbocycles. The highest BCUT2D eigenvalue weighted by atomic mass is 32.2. The van der Waals surface area contributed by atoms with Crippen molar-refractivity contribution in [3.05, 3.63) is 107 Å². The summed E-state index contributed by atoms with van der Waals surface area (Å²) in [5.41, 5.74) is 3.92. The van der Waals surface area contributed by atoms with Crippen LogP contribution in [0, 0.1) is 17.6 Å². The quantitative estimate of drug-likeness (QED) is 0.118. The van der Waals surface area contributed by atoms with Gasteiger partial charge in [0.2, 0.25) is 17.6 Å². The summed E-state index contributed by atoms with van der Waals surface area (Å²) in [6.45, 7) is 6.37. The first-order chi connectivity index (χ1) is 31.8. The van der Waals surface area contributed by atoms with E-state index in [-0.39, 0.29) is 43.3 Å². The van der Waals surface area contributed by atoms with Crippen molar-refractivity contribution in [1.82, 2.24) is 29.4 Å². The number of aromatic nitrogens is 2. The number of carbonyl (C=O) groups excluding carboxylic acids is 4.